The summed E-state index contributed by atoms with van der Waals surface area (Å²) in [6, 6.07) is 5.01. The van der Waals surface area contributed by atoms with Gasteiger partial charge in [0.1, 0.15) is 0 Å². The van der Waals surface area contributed by atoms with Gasteiger partial charge in [0.15, 0.2) is 0 Å². The minimum absolute atomic E-state index is 0.731. The second-order valence-electron chi connectivity index (χ2n) is 4.87. The SMILES string of the molecule is CN1CCCCC1CNCc1cccn1C. The Balaban J connectivity index is 1.73. The van der Waals surface area contributed by atoms with Crippen molar-refractivity contribution in [3.05, 3.63) is 24.0 Å². The maximum atomic E-state index is 3.57. The lowest BCUT2D eigenvalue weighted by molar-refractivity contribution is 0.181. The first kappa shape index (κ1) is 11.7. The molecule has 1 fully saturated rings. The largest absolute Gasteiger partial charge is 0.353 e. The second kappa shape index (κ2) is 5.51. The molecule has 0 aliphatic carbocycles. The van der Waals surface area contributed by atoms with Crippen LogP contribution < -0.4 is 5.32 Å². The number of likely N-dealkylation sites (tertiary alicyclic amines) is 1. The highest BCUT2D eigenvalue weighted by molar-refractivity contribution is 5.05. The Morgan fingerprint density at radius 1 is 1.38 bits per heavy atom. The van der Waals surface area contributed by atoms with Crippen LogP contribution >= 0.6 is 0 Å². The van der Waals surface area contributed by atoms with Crippen molar-refractivity contribution in [1.29, 1.82) is 0 Å². The predicted molar refractivity (Wildman–Crippen MR) is 67.4 cm³/mol. The zero-order valence-electron chi connectivity index (χ0n) is 10.4. The van der Waals surface area contributed by atoms with Crippen molar-refractivity contribution >= 4 is 0 Å². The van der Waals surface area contributed by atoms with Crippen molar-refractivity contribution < 1.29 is 0 Å². The molecule has 1 atom stereocenters. The van der Waals surface area contributed by atoms with E-state index in [1.54, 1.807) is 0 Å². The summed E-state index contributed by atoms with van der Waals surface area (Å²) in [6.45, 7) is 3.35. The number of likely N-dealkylation sites (N-methyl/N-ethyl adjacent to an activating group) is 1. The van der Waals surface area contributed by atoms with Gasteiger partial charge in [0.25, 0.3) is 0 Å². The minimum Gasteiger partial charge on any atom is -0.353 e. The van der Waals surface area contributed by atoms with Gasteiger partial charge in [-0.05, 0) is 38.6 Å². The van der Waals surface area contributed by atoms with Gasteiger partial charge in [-0.25, -0.2) is 0 Å². The summed E-state index contributed by atoms with van der Waals surface area (Å²) in [5, 5.41) is 3.57. The fraction of sp³-hybridized carbons (Fsp3) is 0.692. The normalized spacial score (nSPS) is 22.5. The van der Waals surface area contributed by atoms with Gasteiger partial charge in [0.2, 0.25) is 0 Å². The van der Waals surface area contributed by atoms with Crippen molar-refractivity contribution in [2.45, 2.75) is 31.8 Å². The predicted octanol–water partition coefficient (Wildman–Crippen LogP) is 1.60. The minimum atomic E-state index is 0.731. The molecule has 0 radical (unpaired) electrons. The third-order valence-corrected chi connectivity index (χ3v) is 3.66. The number of aromatic nitrogens is 1. The van der Waals surface area contributed by atoms with E-state index >= 15 is 0 Å². The molecule has 1 aliphatic rings. The molecule has 2 rings (SSSR count). The average molecular weight is 221 g/mol. The molecule has 2 heterocycles. The number of piperidine rings is 1. The zero-order valence-corrected chi connectivity index (χ0v) is 10.4. The van der Waals surface area contributed by atoms with Gasteiger partial charge in [-0.15, -0.1) is 0 Å². The van der Waals surface area contributed by atoms with E-state index in [1.165, 1.54) is 31.5 Å². The maximum Gasteiger partial charge on any atom is 0.0359 e. The molecule has 0 bridgehead atoms. The van der Waals surface area contributed by atoms with Gasteiger partial charge in [-0.1, -0.05) is 6.42 Å². The van der Waals surface area contributed by atoms with Crippen molar-refractivity contribution in [1.82, 2.24) is 14.8 Å². The number of aryl methyl sites for hydroxylation is 1. The van der Waals surface area contributed by atoms with Crippen LogP contribution in [0, 0.1) is 0 Å². The third-order valence-electron chi connectivity index (χ3n) is 3.66. The standard InChI is InChI=1S/C13H23N3/c1-15-8-4-3-6-12(15)10-14-11-13-7-5-9-16(13)2/h5,7,9,12,14H,3-4,6,8,10-11H2,1-2H3. The van der Waals surface area contributed by atoms with Crippen molar-refractivity contribution in [3.63, 3.8) is 0 Å². The number of nitrogens with one attached hydrogen (secondary N) is 1. The first-order valence-electron chi connectivity index (χ1n) is 6.28. The molecular weight excluding hydrogens is 198 g/mol. The molecule has 16 heavy (non-hydrogen) atoms. The zero-order chi connectivity index (χ0) is 11.4. The van der Waals surface area contributed by atoms with Crippen LogP contribution in [0.5, 0.6) is 0 Å². The van der Waals surface area contributed by atoms with Crippen LogP contribution in [0.25, 0.3) is 0 Å². The van der Waals surface area contributed by atoms with Gasteiger partial charge in [-0.2, -0.15) is 0 Å². The number of hydrogen-bond acceptors (Lipinski definition) is 2. The molecule has 1 aromatic heterocycles. The average Bonchev–Trinajstić information content (AvgIpc) is 2.67. The first-order valence-corrected chi connectivity index (χ1v) is 6.28. The van der Waals surface area contributed by atoms with Crippen LogP contribution in [0.15, 0.2) is 18.3 Å². The summed E-state index contributed by atoms with van der Waals surface area (Å²) in [5.41, 5.74) is 1.36. The monoisotopic (exact) mass is 221 g/mol. The fourth-order valence-corrected chi connectivity index (χ4v) is 2.45. The maximum absolute atomic E-state index is 3.57. The summed E-state index contributed by atoms with van der Waals surface area (Å²) < 4.78 is 2.18. The molecule has 0 saturated carbocycles. The lowest BCUT2D eigenvalue weighted by Gasteiger charge is -2.32. The van der Waals surface area contributed by atoms with Gasteiger partial charge in [0.05, 0.1) is 0 Å². The number of hydrogen-bond donors (Lipinski definition) is 1. The molecular formula is C13H23N3. The van der Waals surface area contributed by atoms with Crippen LogP contribution in [0.1, 0.15) is 25.0 Å². The quantitative estimate of drug-likeness (QED) is 0.833. The van der Waals surface area contributed by atoms with Crippen LogP contribution in [-0.2, 0) is 13.6 Å². The van der Waals surface area contributed by atoms with Gasteiger partial charge >= 0.3 is 0 Å². The van der Waals surface area contributed by atoms with Gasteiger partial charge < -0.3 is 14.8 Å². The fourth-order valence-electron chi connectivity index (χ4n) is 2.45. The van der Waals surface area contributed by atoms with Crippen molar-refractivity contribution in [2.24, 2.45) is 7.05 Å². The Morgan fingerprint density at radius 2 is 2.25 bits per heavy atom. The highest BCUT2D eigenvalue weighted by Gasteiger charge is 2.17. The molecule has 3 nitrogen and oxygen atoms in total. The Kier molecular flexibility index (Phi) is 4.02. The molecule has 0 amide bonds. The van der Waals surface area contributed by atoms with Gasteiger partial charge in [-0.3, -0.25) is 0 Å². The molecule has 1 aliphatic heterocycles. The lowest BCUT2D eigenvalue weighted by atomic mass is 10.0. The summed E-state index contributed by atoms with van der Waals surface area (Å²) in [5.74, 6) is 0. The van der Waals surface area contributed by atoms with Crippen LogP contribution in [0.2, 0.25) is 0 Å². The van der Waals surface area contributed by atoms with Gasteiger partial charge in [0, 0.05) is 38.1 Å². The third kappa shape index (κ3) is 2.86. The Bertz CT molecular complexity index is 319. The van der Waals surface area contributed by atoms with E-state index in [9.17, 15) is 0 Å². The van der Waals surface area contributed by atoms with E-state index in [0.717, 1.165) is 19.1 Å². The molecule has 0 spiro atoms. The summed E-state index contributed by atoms with van der Waals surface area (Å²) in [6.07, 6.45) is 6.20. The van der Waals surface area contributed by atoms with E-state index in [2.05, 4.69) is 47.2 Å². The summed E-state index contributed by atoms with van der Waals surface area (Å²) in [4.78, 5) is 2.49. The molecule has 0 aromatic carbocycles. The second-order valence-corrected chi connectivity index (χ2v) is 4.87. The number of rotatable bonds is 4. The topological polar surface area (TPSA) is 20.2 Å². The van der Waals surface area contributed by atoms with Crippen LogP contribution in [0.4, 0.5) is 0 Å². The van der Waals surface area contributed by atoms with Crippen molar-refractivity contribution in [2.75, 3.05) is 20.1 Å². The Morgan fingerprint density at radius 3 is 2.94 bits per heavy atom. The summed E-state index contributed by atoms with van der Waals surface area (Å²) in [7, 11) is 4.35. The smallest absolute Gasteiger partial charge is 0.0359 e. The van der Waals surface area contributed by atoms with Crippen molar-refractivity contribution in [3.8, 4) is 0 Å². The molecule has 1 saturated heterocycles. The Hall–Kier alpha value is -0.800. The van der Waals surface area contributed by atoms with E-state index in [4.69, 9.17) is 0 Å². The molecule has 1 aromatic rings. The number of nitrogens with zero attached hydrogens (tertiary/aromatic N) is 2. The summed E-state index contributed by atoms with van der Waals surface area (Å²) >= 11 is 0. The highest BCUT2D eigenvalue weighted by atomic mass is 15.2. The molecule has 90 valence electrons. The molecule has 1 N–H and O–H groups in total. The van der Waals surface area contributed by atoms with Crippen LogP contribution in [0.3, 0.4) is 0 Å². The van der Waals surface area contributed by atoms with E-state index < -0.39 is 0 Å². The first-order chi connectivity index (χ1) is 7.77. The van der Waals surface area contributed by atoms with Crippen LogP contribution in [-0.4, -0.2) is 35.6 Å². The highest BCUT2D eigenvalue weighted by Crippen LogP contribution is 2.14. The van der Waals surface area contributed by atoms with E-state index in [-0.39, 0.29) is 0 Å². The molecule has 3 heteroatoms. The Labute approximate surface area is 98.4 Å². The molecule has 1 unspecified atom stereocenters. The van der Waals surface area contributed by atoms with E-state index in [1.807, 2.05) is 0 Å². The lowest BCUT2D eigenvalue weighted by Crippen LogP contribution is -2.42. The van der Waals surface area contributed by atoms with E-state index in [0.29, 0.717) is 0 Å².